The first-order valence-corrected chi connectivity index (χ1v) is 8.32. The zero-order valence-electron chi connectivity index (χ0n) is 12.0. The fraction of sp³-hybridized carbons (Fsp3) is 0.312. The van der Waals surface area contributed by atoms with Crippen LogP contribution in [0.4, 0.5) is 0 Å². The average Bonchev–Trinajstić information content (AvgIpc) is 2.85. The molecule has 6 heteroatoms. The van der Waals surface area contributed by atoms with E-state index in [2.05, 4.69) is 9.97 Å². The number of nitrogens with zero attached hydrogens (tertiary/aromatic N) is 2. The van der Waals surface area contributed by atoms with Crippen molar-refractivity contribution in [2.45, 2.75) is 26.2 Å². The fourth-order valence-corrected chi connectivity index (χ4v) is 3.86. The summed E-state index contributed by atoms with van der Waals surface area (Å²) >= 11 is 7.94. The Bertz CT molecular complexity index is 847. The van der Waals surface area contributed by atoms with Crippen molar-refractivity contribution in [3.8, 4) is 0 Å². The van der Waals surface area contributed by atoms with Crippen LogP contribution in [-0.4, -0.2) is 21.0 Å². The van der Waals surface area contributed by atoms with Crippen LogP contribution in [0.1, 0.15) is 25.6 Å². The molecule has 3 rings (SSSR count). The van der Waals surface area contributed by atoms with Crippen molar-refractivity contribution in [2.75, 3.05) is 0 Å². The van der Waals surface area contributed by atoms with Gasteiger partial charge in [-0.25, -0.2) is 9.97 Å². The van der Waals surface area contributed by atoms with E-state index in [1.54, 1.807) is 18.3 Å². The number of benzene rings is 1. The highest BCUT2D eigenvalue weighted by molar-refractivity contribution is 7.25. The normalized spacial score (nSPS) is 12.8. The Labute approximate surface area is 136 Å². The smallest absolute Gasteiger partial charge is 0.306 e. The third-order valence-electron chi connectivity index (χ3n) is 3.70. The zero-order valence-corrected chi connectivity index (χ0v) is 13.6. The number of aryl methyl sites for hydroxylation is 1. The number of hydrogen-bond acceptors (Lipinski definition) is 4. The molecule has 0 saturated heterocycles. The summed E-state index contributed by atoms with van der Waals surface area (Å²) in [5, 5.41) is 11.4. The van der Waals surface area contributed by atoms with E-state index in [1.807, 2.05) is 24.3 Å². The van der Waals surface area contributed by atoms with Crippen molar-refractivity contribution in [3.63, 3.8) is 0 Å². The maximum Gasteiger partial charge on any atom is 0.306 e. The first kappa shape index (κ1) is 15.2. The number of aromatic nitrogens is 2. The molecule has 114 valence electrons. The Morgan fingerprint density at radius 1 is 1.36 bits per heavy atom. The van der Waals surface area contributed by atoms with Gasteiger partial charge in [-0.05, 0) is 18.9 Å². The van der Waals surface area contributed by atoms with Crippen molar-refractivity contribution in [1.82, 2.24) is 9.97 Å². The maximum absolute atomic E-state index is 10.8. The highest BCUT2D eigenvalue weighted by Crippen LogP contribution is 2.36. The molecule has 1 aromatic carbocycles. The average molecular weight is 335 g/mol. The molecular formula is C16H15ClN2O2S. The molecule has 1 N–H and O–H groups in total. The number of rotatable bonds is 5. The second kappa shape index (κ2) is 6.18. The summed E-state index contributed by atoms with van der Waals surface area (Å²) < 4.78 is 1.14. The third-order valence-corrected chi connectivity index (χ3v) is 5.04. The predicted octanol–water partition coefficient (Wildman–Crippen LogP) is 4.54. The molecule has 0 bridgehead atoms. The Morgan fingerprint density at radius 3 is 2.91 bits per heavy atom. The summed E-state index contributed by atoms with van der Waals surface area (Å²) in [6, 6.07) is 8.04. The SMILES string of the molecule is CC(CCCc1nc(Cl)c2c(n1)sc1ccccc12)C(=O)O. The van der Waals surface area contributed by atoms with E-state index in [1.165, 1.54) is 0 Å². The summed E-state index contributed by atoms with van der Waals surface area (Å²) in [4.78, 5) is 20.7. The molecule has 4 nitrogen and oxygen atoms in total. The molecule has 0 fully saturated rings. The molecule has 2 aromatic heterocycles. The number of thiophene rings is 1. The lowest BCUT2D eigenvalue weighted by Gasteiger charge is -2.05. The van der Waals surface area contributed by atoms with Gasteiger partial charge in [0.2, 0.25) is 0 Å². The predicted molar refractivity (Wildman–Crippen MR) is 89.7 cm³/mol. The number of fused-ring (bicyclic) bond motifs is 3. The highest BCUT2D eigenvalue weighted by Gasteiger charge is 2.14. The van der Waals surface area contributed by atoms with Crippen LogP contribution >= 0.6 is 22.9 Å². The summed E-state index contributed by atoms with van der Waals surface area (Å²) in [6.07, 6.45) is 1.99. The quantitative estimate of drug-likeness (QED) is 0.696. The van der Waals surface area contributed by atoms with Gasteiger partial charge in [0.1, 0.15) is 15.8 Å². The van der Waals surface area contributed by atoms with Crippen molar-refractivity contribution in [3.05, 3.63) is 35.2 Å². The largest absolute Gasteiger partial charge is 0.481 e. The van der Waals surface area contributed by atoms with E-state index in [4.69, 9.17) is 16.7 Å². The molecule has 0 spiro atoms. The van der Waals surface area contributed by atoms with Crippen LogP contribution in [0.2, 0.25) is 5.15 Å². The Kier molecular flexibility index (Phi) is 4.27. The zero-order chi connectivity index (χ0) is 15.7. The van der Waals surface area contributed by atoms with E-state index in [-0.39, 0.29) is 5.92 Å². The van der Waals surface area contributed by atoms with Gasteiger partial charge < -0.3 is 5.11 Å². The van der Waals surface area contributed by atoms with Gasteiger partial charge in [0, 0.05) is 16.5 Å². The van der Waals surface area contributed by atoms with Gasteiger partial charge in [-0.15, -0.1) is 11.3 Å². The molecule has 0 aliphatic heterocycles. The third kappa shape index (κ3) is 2.91. The van der Waals surface area contributed by atoms with Crippen LogP contribution in [0.5, 0.6) is 0 Å². The van der Waals surface area contributed by atoms with Crippen LogP contribution in [0.25, 0.3) is 20.3 Å². The van der Waals surface area contributed by atoms with Gasteiger partial charge in [-0.3, -0.25) is 4.79 Å². The summed E-state index contributed by atoms with van der Waals surface area (Å²) in [6.45, 7) is 1.71. The van der Waals surface area contributed by atoms with Crippen LogP contribution in [0, 0.1) is 5.92 Å². The van der Waals surface area contributed by atoms with Crippen LogP contribution in [-0.2, 0) is 11.2 Å². The minimum Gasteiger partial charge on any atom is -0.481 e. The molecule has 0 saturated carbocycles. The van der Waals surface area contributed by atoms with Crippen LogP contribution < -0.4 is 0 Å². The topological polar surface area (TPSA) is 63.1 Å². The van der Waals surface area contributed by atoms with Crippen LogP contribution in [0.3, 0.4) is 0 Å². The van der Waals surface area contributed by atoms with Gasteiger partial charge in [-0.2, -0.15) is 0 Å². The Morgan fingerprint density at radius 2 is 2.14 bits per heavy atom. The summed E-state index contributed by atoms with van der Waals surface area (Å²) in [5.74, 6) is -0.427. The van der Waals surface area contributed by atoms with Gasteiger partial charge >= 0.3 is 5.97 Å². The fourth-order valence-electron chi connectivity index (χ4n) is 2.42. The second-order valence-corrected chi connectivity index (χ2v) is 6.73. The van der Waals surface area contributed by atoms with Gasteiger partial charge in [-0.1, -0.05) is 36.7 Å². The molecule has 1 atom stereocenters. The molecule has 0 amide bonds. The maximum atomic E-state index is 10.8. The number of halogens is 1. The van der Waals surface area contributed by atoms with E-state index < -0.39 is 5.97 Å². The number of carbonyl (C=O) groups is 1. The Hall–Kier alpha value is -1.72. The molecule has 3 aromatic rings. The summed E-state index contributed by atoms with van der Waals surface area (Å²) in [7, 11) is 0. The monoisotopic (exact) mass is 334 g/mol. The molecule has 2 heterocycles. The lowest BCUT2D eigenvalue weighted by atomic mass is 10.0. The van der Waals surface area contributed by atoms with Crippen molar-refractivity contribution in [2.24, 2.45) is 5.92 Å². The molecule has 0 aliphatic carbocycles. The van der Waals surface area contributed by atoms with E-state index in [9.17, 15) is 4.79 Å². The molecule has 22 heavy (non-hydrogen) atoms. The summed E-state index contributed by atoms with van der Waals surface area (Å²) in [5.41, 5.74) is 0. The van der Waals surface area contributed by atoms with Gasteiger partial charge in [0.25, 0.3) is 0 Å². The lowest BCUT2D eigenvalue weighted by molar-refractivity contribution is -0.141. The lowest BCUT2D eigenvalue weighted by Crippen LogP contribution is -2.09. The van der Waals surface area contributed by atoms with Gasteiger partial charge in [0.15, 0.2) is 0 Å². The molecule has 0 radical (unpaired) electrons. The van der Waals surface area contributed by atoms with Gasteiger partial charge in [0.05, 0.1) is 11.3 Å². The number of aliphatic carboxylic acids is 1. The number of hydrogen-bond donors (Lipinski definition) is 1. The molecule has 1 unspecified atom stereocenters. The molecular weight excluding hydrogens is 320 g/mol. The van der Waals surface area contributed by atoms with E-state index in [0.717, 1.165) is 26.7 Å². The van der Waals surface area contributed by atoms with Crippen molar-refractivity contribution >= 4 is 49.2 Å². The van der Waals surface area contributed by atoms with Crippen molar-refractivity contribution < 1.29 is 9.90 Å². The minimum atomic E-state index is -0.765. The first-order chi connectivity index (χ1) is 10.6. The number of carboxylic acid groups (broad SMARTS) is 1. The highest BCUT2D eigenvalue weighted by atomic mass is 35.5. The Balaban J connectivity index is 1.86. The first-order valence-electron chi connectivity index (χ1n) is 7.12. The van der Waals surface area contributed by atoms with E-state index in [0.29, 0.717) is 23.8 Å². The standard InChI is InChI=1S/C16H15ClN2O2S/c1-9(16(20)21)5-4-8-12-18-14(17)13-10-6-2-3-7-11(10)22-15(13)19-12/h2-3,6-7,9H,4-5,8H2,1H3,(H,20,21). The minimum absolute atomic E-state index is 0.344. The molecule has 0 aliphatic rings. The van der Waals surface area contributed by atoms with Crippen LogP contribution in [0.15, 0.2) is 24.3 Å². The van der Waals surface area contributed by atoms with Crippen molar-refractivity contribution in [1.29, 1.82) is 0 Å². The number of carboxylic acids is 1. The second-order valence-electron chi connectivity index (χ2n) is 5.34. The van der Waals surface area contributed by atoms with E-state index >= 15 is 0 Å².